The van der Waals surface area contributed by atoms with E-state index in [9.17, 15) is 9.59 Å². The fourth-order valence-corrected chi connectivity index (χ4v) is 2.91. The number of hydrogen-bond acceptors (Lipinski definition) is 3. The Hall–Kier alpha value is -2.30. The van der Waals surface area contributed by atoms with Crippen LogP contribution in [-0.2, 0) is 11.2 Å². The molecule has 144 valence electrons. The third kappa shape index (κ3) is 7.08. The number of benzene rings is 2. The highest BCUT2D eigenvalue weighted by Crippen LogP contribution is 2.25. The number of allylic oxidation sites excluding steroid dienone is 1. The summed E-state index contributed by atoms with van der Waals surface area (Å²) in [6, 6.07) is 11.8. The summed E-state index contributed by atoms with van der Waals surface area (Å²) < 4.78 is 0. The summed E-state index contributed by atoms with van der Waals surface area (Å²) in [4.78, 5) is 23.4. The van der Waals surface area contributed by atoms with Crippen LogP contribution < -0.4 is 10.6 Å². The molecule has 6 heteroatoms. The number of carbonyl (C=O) groups excluding carboxylic acids is 2. The summed E-state index contributed by atoms with van der Waals surface area (Å²) in [6.45, 7) is 9.54. The van der Waals surface area contributed by atoms with Gasteiger partial charge in [0.05, 0.1) is 21.7 Å². The zero-order chi connectivity index (χ0) is 20.4. The minimum atomic E-state index is -0.377. The lowest BCUT2D eigenvalue weighted by atomic mass is 10.1. The smallest absolute Gasteiger partial charge is 0.258 e. The number of anilines is 1. The van der Waals surface area contributed by atoms with Crippen molar-refractivity contribution in [3.05, 3.63) is 75.9 Å². The van der Waals surface area contributed by atoms with Gasteiger partial charge in [-0.1, -0.05) is 61.8 Å². The molecule has 2 N–H and O–H groups in total. The Morgan fingerprint density at radius 1 is 1.11 bits per heavy atom. The van der Waals surface area contributed by atoms with Crippen LogP contribution in [0.15, 0.2) is 54.7 Å². The molecule has 0 aromatic heterocycles. The predicted molar refractivity (Wildman–Crippen MR) is 114 cm³/mol. The standard InChI is InChI=1S/C19H18Cl2N2O2.C2H6/c1-12(2)22-15(11-24)10-13-6-8-14(9-7-13)23-19(25)18-16(20)4-3-5-17(18)21;1-2/h3-9,11,15,22H,1,10H2,2H3,(H,23,25);1-2H3. The first-order chi connectivity index (χ1) is 12.9. The highest BCUT2D eigenvalue weighted by molar-refractivity contribution is 6.40. The Morgan fingerprint density at radius 3 is 2.15 bits per heavy atom. The molecule has 4 nitrogen and oxygen atoms in total. The minimum Gasteiger partial charge on any atom is -0.379 e. The first kappa shape index (κ1) is 22.7. The normalized spacial score (nSPS) is 10.9. The van der Waals surface area contributed by atoms with E-state index in [1.165, 1.54) is 0 Å². The van der Waals surface area contributed by atoms with Crippen LogP contribution in [0, 0.1) is 0 Å². The van der Waals surface area contributed by atoms with Crippen molar-refractivity contribution in [1.82, 2.24) is 5.32 Å². The lowest BCUT2D eigenvalue weighted by Gasteiger charge is -2.14. The first-order valence-electron chi connectivity index (χ1n) is 8.62. The van der Waals surface area contributed by atoms with Crippen LogP contribution in [0.5, 0.6) is 0 Å². The van der Waals surface area contributed by atoms with Gasteiger partial charge in [-0.3, -0.25) is 4.79 Å². The van der Waals surface area contributed by atoms with E-state index in [2.05, 4.69) is 17.2 Å². The highest BCUT2D eigenvalue weighted by Gasteiger charge is 2.15. The van der Waals surface area contributed by atoms with Crippen molar-refractivity contribution in [3.63, 3.8) is 0 Å². The van der Waals surface area contributed by atoms with E-state index < -0.39 is 0 Å². The molecule has 0 heterocycles. The third-order valence-electron chi connectivity index (χ3n) is 3.45. The fourth-order valence-electron chi connectivity index (χ4n) is 2.34. The minimum absolute atomic E-state index is 0.238. The van der Waals surface area contributed by atoms with Crippen LogP contribution in [0.3, 0.4) is 0 Å². The molecule has 0 spiro atoms. The maximum atomic E-state index is 12.3. The fraction of sp³-hybridized carbons (Fsp3) is 0.238. The quantitative estimate of drug-likeness (QED) is 0.596. The second-order valence-corrected chi connectivity index (χ2v) is 6.43. The van der Waals surface area contributed by atoms with E-state index in [4.69, 9.17) is 23.2 Å². The molecule has 0 saturated heterocycles. The Kier molecular flexibility index (Phi) is 9.62. The average molecular weight is 407 g/mol. The molecule has 0 fully saturated rings. The second kappa shape index (κ2) is 11.4. The van der Waals surface area contributed by atoms with Crippen LogP contribution in [0.4, 0.5) is 5.69 Å². The number of amides is 1. The van der Waals surface area contributed by atoms with Gasteiger partial charge >= 0.3 is 0 Å². The third-order valence-corrected chi connectivity index (χ3v) is 4.08. The number of halogens is 2. The van der Waals surface area contributed by atoms with Gasteiger partial charge in [0.2, 0.25) is 0 Å². The molecule has 0 aliphatic rings. The van der Waals surface area contributed by atoms with Gasteiger partial charge in [0.1, 0.15) is 6.29 Å². The average Bonchev–Trinajstić information content (AvgIpc) is 2.64. The van der Waals surface area contributed by atoms with Gasteiger partial charge in [0.15, 0.2) is 0 Å². The van der Waals surface area contributed by atoms with E-state index in [0.29, 0.717) is 22.2 Å². The zero-order valence-electron chi connectivity index (χ0n) is 15.7. The van der Waals surface area contributed by atoms with E-state index >= 15 is 0 Å². The highest BCUT2D eigenvalue weighted by atomic mass is 35.5. The molecule has 1 amide bonds. The number of nitrogens with one attached hydrogen (secondary N) is 2. The summed E-state index contributed by atoms with van der Waals surface area (Å²) in [5.41, 5.74) is 2.54. The van der Waals surface area contributed by atoms with Crippen molar-refractivity contribution in [1.29, 1.82) is 0 Å². The summed E-state index contributed by atoms with van der Waals surface area (Å²) >= 11 is 12.1. The van der Waals surface area contributed by atoms with Crippen LogP contribution in [0.2, 0.25) is 10.0 Å². The number of rotatable bonds is 7. The molecule has 2 rings (SSSR count). The molecule has 2 aromatic carbocycles. The lowest BCUT2D eigenvalue weighted by molar-refractivity contribution is -0.109. The van der Waals surface area contributed by atoms with Gasteiger partial charge in [-0.25, -0.2) is 0 Å². The second-order valence-electron chi connectivity index (χ2n) is 5.62. The molecule has 0 aliphatic carbocycles. The predicted octanol–water partition coefficient (Wildman–Crippen LogP) is 5.51. The van der Waals surface area contributed by atoms with E-state index in [-0.39, 0.29) is 17.5 Å². The van der Waals surface area contributed by atoms with Crippen molar-refractivity contribution in [2.75, 3.05) is 5.32 Å². The van der Waals surface area contributed by atoms with Gasteiger partial charge in [-0.2, -0.15) is 0 Å². The maximum Gasteiger partial charge on any atom is 0.258 e. The molecule has 0 bridgehead atoms. The Labute approximate surface area is 170 Å². The lowest BCUT2D eigenvalue weighted by Crippen LogP contribution is -2.30. The zero-order valence-corrected chi connectivity index (χ0v) is 17.2. The van der Waals surface area contributed by atoms with Crippen molar-refractivity contribution in [3.8, 4) is 0 Å². The number of aldehydes is 1. The van der Waals surface area contributed by atoms with E-state index in [0.717, 1.165) is 17.5 Å². The van der Waals surface area contributed by atoms with Gasteiger partial charge in [-0.05, 0) is 43.2 Å². The molecular weight excluding hydrogens is 383 g/mol. The van der Waals surface area contributed by atoms with Crippen LogP contribution in [0.25, 0.3) is 0 Å². The van der Waals surface area contributed by atoms with Crippen molar-refractivity contribution >= 4 is 41.1 Å². The molecule has 27 heavy (non-hydrogen) atoms. The first-order valence-corrected chi connectivity index (χ1v) is 9.38. The summed E-state index contributed by atoms with van der Waals surface area (Å²) in [5, 5.41) is 6.34. The largest absolute Gasteiger partial charge is 0.379 e. The molecular formula is C21H24Cl2N2O2. The molecule has 0 saturated carbocycles. The monoisotopic (exact) mass is 406 g/mol. The van der Waals surface area contributed by atoms with Gasteiger partial charge < -0.3 is 15.4 Å². The van der Waals surface area contributed by atoms with Crippen LogP contribution in [-0.4, -0.2) is 18.2 Å². The van der Waals surface area contributed by atoms with Crippen molar-refractivity contribution in [2.24, 2.45) is 0 Å². The molecule has 1 unspecified atom stereocenters. The SMILES string of the molecule is C=C(C)NC(C=O)Cc1ccc(NC(=O)c2c(Cl)cccc2Cl)cc1.CC. The van der Waals surface area contributed by atoms with Crippen molar-refractivity contribution in [2.45, 2.75) is 33.2 Å². The van der Waals surface area contributed by atoms with E-state index in [1.54, 1.807) is 37.3 Å². The van der Waals surface area contributed by atoms with Crippen molar-refractivity contribution < 1.29 is 9.59 Å². The number of carbonyl (C=O) groups is 2. The molecule has 1 atom stereocenters. The van der Waals surface area contributed by atoms with Crippen LogP contribution in [0.1, 0.15) is 36.7 Å². The van der Waals surface area contributed by atoms with Gasteiger partial charge in [0.25, 0.3) is 5.91 Å². The maximum absolute atomic E-state index is 12.3. The molecule has 0 radical (unpaired) electrons. The molecule has 2 aromatic rings. The summed E-state index contributed by atoms with van der Waals surface area (Å²) in [5.74, 6) is -0.377. The van der Waals surface area contributed by atoms with Gasteiger partial charge in [0, 0.05) is 11.4 Å². The number of hydrogen-bond donors (Lipinski definition) is 2. The van der Waals surface area contributed by atoms with Gasteiger partial charge in [-0.15, -0.1) is 0 Å². The van der Waals surface area contributed by atoms with Crippen LogP contribution >= 0.6 is 23.2 Å². The van der Waals surface area contributed by atoms with E-state index in [1.807, 2.05) is 26.0 Å². The molecule has 0 aliphatic heterocycles. The Bertz CT molecular complexity index is 769. The Balaban J connectivity index is 0.00000176. The Morgan fingerprint density at radius 2 is 1.67 bits per heavy atom. The topological polar surface area (TPSA) is 58.2 Å². The summed E-state index contributed by atoms with van der Waals surface area (Å²) in [7, 11) is 0. The summed E-state index contributed by atoms with van der Waals surface area (Å²) in [6.07, 6.45) is 1.38.